The van der Waals surface area contributed by atoms with Crippen LogP contribution in [-0.2, 0) is 13.4 Å². The Labute approximate surface area is 240 Å². The Morgan fingerprint density at radius 2 is 0.960 bits per heavy atom. The normalized spacial score (nSPS) is 12.2. The standard InChI is InChI=1S/C15H32O.2K.H4O5P2/c1-2-3-4-5-6-7-8-9-10-11-12-13-14-15-16;;;1-6(2)5-7(3)4/h16H,2-15H2,1H3;;;6-7H,(H,1,2)(H,3,4)/q;2*+1;/p-2. The molecule has 2 atom stereocenters. The number of rotatable bonds is 15. The minimum absolute atomic E-state index is 0. The topological polar surface area (TPSA) is 110 Å². The van der Waals surface area contributed by atoms with Gasteiger partial charge in [0.15, 0.2) is 0 Å². The van der Waals surface area contributed by atoms with Crippen LogP contribution in [0, 0.1) is 0 Å². The van der Waals surface area contributed by atoms with Crippen LogP contribution in [0.15, 0.2) is 0 Å². The van der Waals surface area contributed by atoms with Gasteiger partial charge in [0.05, 0.1) is 0 Å². The van der Waals surface area contributed by atoms with Crippen LogP contribution >= 0.6 is 16.5 Å². The first kappa shape index (κ1) is 36.0. The number of hydrogen-bond donors (Lipinski definition) is 1. The van der Waals surface area contributed by atoms with Gasteiger partial charge in [-0.15, -0.1) is 0 Å². The van der Waals surface area contributed by atoms with Crippen LogP contribution in [0.2, 0.25) is 0 Å². The molecule has 0 aromatic heterocycles. The van der Waals surface area contributed by atoms with Crippen LogP contribution in [-0.4, -0.2) is 11.7 Å². The van der Waals surface area contributed by atoms with Gasteiger partial charge in [0.1, 0.15) is 16.5 Å². The molecule has 0 heterocycles. The molecule has 142 valence electrons. The SMILES string of the molecule is CCCCCCCCCCCCCCCO.O=[PH]([O-])O[PH](=O)[O-].[K+].[K+]. The second-order valence-corrected chi connectivity index (χ2v) is 7.38. The van der Waals surface area contributed by atoms with E-state index >= 15 is 0 Å². The molecule has 0 aromatic rings. The van der Waals surface area contributed by atoms with Gasteiger partial charge in [0, 0.05) is 6.61 Å². The fourth-order valence-corrected chi connectivity index (χ4v) is 2.74. The van der Waals surface area contributed by atoms with Crippen LogP contribution in [0.3, 0.4) is 0 Å². The Kier molecular flexibility index (Phi) is 46.4. The monoisotopic (exact) mass is 450 g/mol. The van der Waals surface area contributed by atoms with Gasteiger partial charge in [0.25, 0.3) is 0 Å². The third-order valence-electron chi connectivity index (χ3n) is 3.43. The van der Waals surface area contributed by atoms with Gasteiger partial charge in [-0.2, -0.15) is 0 Å². The van der Waals surface area contributed by atoms with Crippen molar-refractivity contribution in [2.75, 3.05) is 6.61 Å². The zero-order valence-electron chi connectivity index (χ0n) is 16.4. The average molecular weight is 451 g/mol. The van der Waals surface area contributed by atoms with Crippen molar-refractivity contribution < 1.29 is 131 Å². The van der Waals surface area contributed by atoms with Gasteiger partial charge in [-0.1, -0.05) is 84.0 Å². The Balaban J connectivity index is -0.000000210. The van der Waals surface area contributed by atoms with E-state index in [0.29, 0.717) is 6.61 Å². The first-order valence-corrected chi connectivity index (χ1v) is 11.2. The zero-order valence-corrected chi connectivity index (χ0v) is 24.6. The van der Waals surface area contributed by atoms with Gasteiger partial charge in [-0.3, -0.25) is 4.31 Å². The maximum Gasteiger partial charge on any atom is 1.00 e. The Morgan fingerprint density at radius 3 is 1.16 bits per heavy atom. The van der Waals surface area contributed by atoms with Crippen molar-refractivity contribution >= 4 is 16.5 Å². The van der Waals surface area contributed by atoms with E-state index in [0.717, 1.165) is 6.42 Å². The summed E-state index contributed by atoms with van der Waals surface area (Å²) in [5.41, 5.74) is 0. The van der Waals surface area contributed by atoms with E-state index < -0.39 is 16.5 Å². The number of aliphatic hydroxyl groups excluding tert-OH is 1. The largest absolute Gasteiger partial charge is 1.00 e. The molecule has 10 heteroatoms. The summed E-state index contributed by atoms with van der Waals surface area (Å²) in [7, 11) is -7.03. The predicted octanol–water partition coefficient (Wildman–Crippen LogP) is -2.42. The van der Waals surface area contributed by atoms with E-state index in [1.165, 1.54) is 77.0 Å². The van der Waals surface area contributed by atoms with Crippen molar-refractivity contribution in [2.24, 2.45) is 0 Å². The number of hydrogen-bond acceptors (Lipinski definition) is 6. The Morgan fingerprint density at radius 1 is 0.680 bits per heavy atom. The Hall–Kier alpha value is 3.57. The third-order valence-corrected chi connectivity index (χ3v) is 4.76. The first-order chi connectivity index (χ1) is 11.0. The molecule has 0 aliphatic rings. The van der Waals surface area contributed by atoms with Crippen LogP contribution in [0.25, 0.3) is 0 Å². The van der Waals surface area contributed by atoms with E-state index in [1.54, 1.807) is 0 Å². The first-order valence-electron chi connectivity index (χ1n) is 8.75. The zero-order chi connectivity index (χ0) is 17.8. The van der Waals surface area contributed by atoms with Gasteiger partial charge < -0.3 is 24.0 Å². The smallest absolute Gasteiger partial charge is 0.781 e. The molecule has 2 unspecified atom stereocenters. The molecule has 0 saturated carbocycles. The molecule has 0 rings (SSSR count). The van der Waals surface area contributed by atoms with Gasteiger partial charge >= 0.3 is 103 Å². The van der Waals surface area contributed by atoms with Crippen molar-refractivity contribution in [1.29, 1.82) is 0 Å². The fourth-order valence-electron chi connectivity index (χ4n) is 2.20. The molecule has 0 amide bonds. The molecule has 0 spiro atoms. The van der Waals surface area contributed by atoms with E-state index in [2.05, 4.69) is 11.2 Å². The van der Waals surface area contributed by atoms with Crippen molar-refractivity contribution in [3.63, 3.8) is 0 Å². The van der Waals surface area contributed by atoms with Crippen LogP contribution in [0.1, 0.15) is 90.4 Å². The number of aliphatic hydroxyl groups is 1. The molecule has 0 bridgehead atoms. The molecular formula is C15H34K2O6P2. The van der Waals surface area contributed by atoms with Crippen LogP contribution < -0.4 is 113 Å². The van der Waals surface area contributed by atoms with Gasteiger partial charge in [-0.05, 0) is 6.42 Å². The summed E-state index contributed by atoms with van der Waals surface area (Å²) in [6, 6.07) is 0. The average Bonchev–Trinajstić information content (AvgIpc) is 2.48. The molecule has 6 nitrogen and oxygen atoms in total. The van der Waals surface area contributed by atoms with E-state index in [-0.39, 0.29) is 103 Å². The summed E-state index contributed by atoms with van der Waals surface area (Å²) in [6.45, 7) is 2.65. The minimum atomic E-state index is -3.51. The van der Waals surface area contributed by atoms with E-state index in [1.807, 2.05) is 0 Å². The molecule has 0 radical (unpaired) electrons. The Bertz CT molecular complexity index is 261. The quantitative estimate of drug-likeness (QED) is 0.169. The van der Waals surface area contributed by atoms with Crippen LogP contribution in [0.5, 0.6) is 0 Å². The van der Waals surface area contributed by atoms with E-state index in [4.69, 9.17) is 5.11 Å². The molecule has 0 fully saturated rings. The van der Waals surface area contributed by atoms with Crippen LogP contribution in [0.4, 0.5) is 0 Å². The second kappa shape index (κ2) is 32.2. The summed E-state index contributed by atoms with van der Waals surface area (Å²) in [5.74, 6) is 0. The molecule has 0 aliphatic heterocycles. The molecule has 0 saturated heterocycles. The second-order valence-electron chi connectivity index (χ2n) is 5.57. The summed E-state index contributed by atoms with van der Waals surface area (Å²) >= 11 is 0. The van der Waals surface area contributed by atoms with E-state index in [9.17, 15) is 18.9 Å². The van der Waals surface area contributed by atoms with Gasteiger partial charge in [-0.25, -0.2) is 0 Å². The maximum absolute atomic E-state index is 9.29. The molecule has 1 N–H and O–H groups in total. The predicted molar refractivity (Wildman–Crippen MR) is 91.9 cm³/mol. The summed E-state index contributed by atoms with van der Waals surface area (Å²) in [6.07, 6.45) is 17.7. The van der Waals surface area contributed by atoms with Crippen molar-refractivity contribution in [2.45, 2.75) is 90.4 Å². The summed E-state index contributed by atoms with van der Waals surface area (Å²) in [5, 5.41) is 8.63. The molecule has 0 aliphatic carbocycles. The number of unbranched alkanes of at least 4 members (excludes halogenated alkanes) is 12. The molecular weight excluding hydrogens is 416 g/mol. The van der Waals surface area contributed by atoms with Gasteiger partial charge in [0.2, 0.25) is 0 Å². The van der Waals surface area contributed by atoms with Crippen molar-refractivity contribution in [1.82, 2.24) is 0 Å². The fraction of sp³-hybridized carbons (Fsp3) is 1.00. The maximum atomic E-state index is 9.29. The van der Waals surface area contributed by atoms with Crippen molar-refractivity contribution in [3.05, 3.63) is 0 Å². The third kappa shape index (κ3) is 42.6. The summed E-state index contributed by atoms with van der Waals surface area (Å²) < 4.78 is 21.8. The van der Waals surface area contributed by atoms with Crippen molar-refractivity contribution in [3.8, 4) is 0 Å². The molecule has 0 aromatic carbocycles. The summed E-state index contributed by atoms with van der Waals surface area (Å²) in [4.78, 5) is 18.6. The minimum Gasteiger partial charge on any atom is -0.781 e. The molecule has 25 heavy (non-hydrogen) atoms.